The molecule has 10 heteroatoms. The van der Waals surface area contributed by atoms with Crippen molar-refractivity contribution in [2.75, 3.05) is 14.2 Å². The normalized spacial score (nSPS) is 15.5. The Morgan fingerprint density at radius 1 is 1.10 bits per heavy atom. The van der Waals surface area contributed by atoms with Gasteiger partial charge in [-0.2, -0.15) is 4.98 Å². The molecule has 0 N–H and O–H groups in total. The Hall–Kier alpha value is -3.79. The summed E-state index contributed by atoms with van der Waals surface area (Å²) in [7, 11) is 3.14. The maximum absolute atomic E-state index is 13.2. The van der Waals surface area contributed by atoms with Gasteiger partial charge < -0.3 is 18.7 Å². The van der Waals surface area contributed by atoms with Crippen molar-refractivity contribution in [3.05, 3.63) is 59.5 Å². The van der Waals surface area contributed by atoms with Crippen molar-refractivity contribution >= 4 is 0 Å². The van der Waals surface area contributed by atoms with Gasteiger partial charge in [0, 0.05) is 6.07 Å². The van der Waals surface area contributed by atoms with Gasteiger partial charge in [-0.15, -0.1) is 5.10 Å². The van der Waals surface area contributed by atoms with Crippen LogP contribution in [0.15, 0.2) is 47.0 Å². The molecule has 0 amide bonds. The summed E-state index contributed by atoms with van der Waals surface area (Å²) in [6.45, 7) is 0.704. The van der Waals surface area contributed by atoms with Crippen LogP contribution in [-0.4, -0.2) is 39.4 Å². The van der Waals surface area contributed by atoms with E-state index in [0.717, 1.165) is 11.3 Å². The first-order valence-electron chi connectivity index (χ1n) is 9.52. The Morgan fingerprint density at radius 2 is 1.94 bits per heavy atom. The minimum Gasteiger partial charge on any atom is -0.497 e. The molecule has 1 atom stereocenters. The summed E-state index contributed by atoms with van der Waals surface area (Å²) in [5.41, 5.74) is 2.72. The maximum Gasteiger partial charge on any atom is 0.280 e. The van der Waals surface area contributed by atoms with Crippen LogP contribution in [0.2, 0.25) is 0 Å². The summed E-state index contributed by atoms with van der Waals surface area (Å²) >= 11 is 0. The number of halogens is 1. The zero-order valence-electron chi connectivity index (χ0n) is 16.8. The average Bonchev–Trinajstić information content (AvgIpc) is 3.45. The minimum atomic E-state index is -0.288. The van der Waals surface area contributed by atoms with Crippen LogP contribution >= 0.6 is 0 Å². The third kappa shape index (κ3) is 3.50. The highest BCUT2D eigenvalue weighted by atomic mass is 19.1. The first kappa shape index (κ1) is 19.2. The molecule has 158 valence electrons. The molecule has 0 aliphatic carbocycles. The molecular weight excluding hydrogens is 405 g/mol. The van der Waals surface area contributed by atoms with E-state index >= 15 is 0 Å². The van der Waals surface area contributed by atoms with Crippen molar-refractivity contribution in [1.29, 1.82) is 0 Å². The second kappa shape index (κ2) is 7.80. The van der Waals surface area contributed by atoms with Gasteiger partial charge >= 0.3 is 0 Å². The Labute approximate surface area is 176 Å². The molecule has 2 aromatic carbocycles. The summed E-state index contributed by atoms with van der Waals surface area (Å²) in [5.74, 6) is 1.52. The fourth-order valence-corrected chi connectivity index (χ4v) is 3.47. The average molecular weight is 423 g/mol. The molecule has 4 aromatic rings. The van der Waals surface area contributed by atoms with E-state index in [4.69, 9.17) is 18.7 Å². The van der Waals surface area contributed by atoms with Crippen molar-refractivity contribution < 1.29 is 23.1 Å². The fourth-order valence-electron chi connectivity index (χ4n) is 3.47. The van der Waals surface area contributed by atoms with Crippen LogP contribution in [0.5, 0.6) is 11.5 Å². The lowest BCUT2D eigenvalue weighted by Crippen LogP contribution is -2.22. The molecule has 2 aromatic heterocycles. The minimum absolute atomic E-state index is 0.234. The number of aromatic nitrogens is 5. The van der Waals surface area contributed by atoms with Crippen LogP contribution < -0.4 is 9.47 Å². The second-order valence-corrected chi connectivity index (χ2v) is 6.91. The van der Waals surface area contributed by atoms with Gasteiger partial charge in [-0.1, -0.05) is 22.5 Å². The van der Waals surface area contributed by atoms with Crippen molar-refractivity contribution in [3.63, 3.8) is 0 Å². The first-order valence-corrected chi connectivity index (χ1v) is 9.52. The van der Waals surface area contributed by atoms with Crippen LogP contribution in [0, 0.1) is 5.82 Å². The molecule has 0 spiro atoms. The smallest absolute Gasteiger partial charge is 0.280 e. The summed E-state index contributed by atoms with van der Waals surface area (Å²) in [6.07, 6.45) is -0.246. The zero-order valence-corrected chi connectivity index (χ0v) is 16.8. The van der Waals surface area contributed by atoms with Crippen molar-refractivity contribution in [3.8, 4) is 34.5 Å². The number of methoxy groups -OCH3 is 2. The molecule has 0 saturated heterocycles. The number of ether oxygens (including phenoxy) is 3. The van der Waals surface area contributed by atoms with Gasteiger partial charge in [0.2, 0.25) is 5.82 Å². The van der Waals surface area contributed by atoms with Gasteiger partial charge in [-0.25, -0.2) is 9.07 Å². The van der Waals surface area contributed by atoms with E-state index in [1.807, 2.05) is 0 Å². The van der Waals surface area contributed by atoms with Crippen LogP contribution in [-0.2, 0) is 17.9 Å². The van der Waals surface area contributed by atoms with Crippen molar-refractivity contribution in [1.82, 2.24) is 25.1 Å². The Kier molecular flexibility index (Phi) is 4.83. The highest BCUT2D eigenvalue weighted by molar-refractivity contribution is 5.67. The van der Waals surface area contributed by atoms with Crippen LogP contribution in [0.25, 0.3) is 23.0 Å². The number of fused-ring (bicyclic) bond motifs is 1. The van der Waals surface area contributed by atoms with Gasteiger partial charge in [-0.05, 0) is 29.8 Å². The Balaban J connectivity index is 1.42. The number of hydrogen-bond donors (Lipinski definition) is 0. The van der Waals surface area contributed by atoms with Crippen LogP contribution in [0.3, 0.4) is 0 Å². The lowest BCUT2D eigenvalue weighted by molar-refractivity contribution is -0.00120. The number of benzene rings is 2. The molecular formula is C21H18FN5O4. The third-order valence-corrected chi connectivity index (χ3v) is 5.12. The van der Waals surface area contributed by atoms with E-state index in [1.54, 1.807) is 49.2 Å². The predicted molar refractivity (Wildman–Crippen MR) is 106 cm³/mol. The summed E-state index contributed by atoms with van der Waals surface area (Å²) < 4.78 is 37.0. The largest absolute Gasteiger partial charge is 0.497 e. The zero-order chi connectivity index (χ0) is 21.4. The molecule has 5 rings (SSSR count). The molecule has 9 nitrogen and oxygen atoms in total. The molecule has 0 bridgehead atoms. The second-order valence-electron chi connectivity index (χ2n) is 6.91. The lowest BCUT2D eigenvalue weighted by atomic mass is 10.1. The lowest BCUT2D eigenvalue weighted by Gasteiger charge is -2.24. The SMILES string of the molecule is COc1ccc(-c2noc(-c3nnn4c3CO[C@H](c3ccc(F)cc3)C4)n2)c(OC)c1. The monoisotopic (exact) mass is 423 g/mol. The maximum atomic E-state index is 13.2. The quantitative estimate of drug-likeness (QED) is 0.482. The molecule has 31 heavy (non-hydrogen) atoms. The van der Waals surface area contributed by atoms with Gasteiger partial charge in [0.1, 0.15) is 23.4 Å². The van der Waals surface area contributed by atoms with E-state index in [2.05, 4.69) is 20.5 Å². The van der Waals surface area contributed by atoms with Crippen LogP contribution in [0.1, 0.15) is 17.4 Å². The standard InChI is InChI=1S/C21H18FN5O4/c1-28-14-7-8-15(17(9-14)29-2)20-23-21(31-25-20)19-16-11-30-18(10-27(16)26-24-19)12-3-5-13(22)6-4-12/h3-9,18H,10-11H2,1-2H3/t18-/m0/s1. The number of nitrogens with zero attached hydrogens (tertiary/aromatic N) is 5. The van der Waals surface area contributed by atoms with Crippen molar-refractivity contribution in [2.45, 2.75) is 19.3 Å². The first-order chi connectivity index (χ1) is 15.2. The van der Waals surface area contributed by atoms with E-state index < -0.39 is 0 Å². The molecule has 0 saturated carbocycles. The number of rotatable bonds is 5. The Morgan fingerprint density at radius 3 is 2.71 bits per heavy atom. The predicted octanol–water partition coefficient (Wildman–Crippen LogP) is 3.42. The van der Waals surface area contributed by atoms with E-state index in [1.165, 1.54) is 12.1 Å². The third-order valence-electron chi connectivity index (χ3n) is 5.12. The number of hydrogen-bond acceptors (Lipinski definition) is 8. The highest BCUT2D eigenvalue weighted by Crippen LogP contribution is 2.34. The highest BCUT2D eigenvalue weighted by Gasteiger charge is 2.28. The Bertz CT molecular complexity index is 1220. The van der Waals surface area contributed by atoms with Crippen molar-refractivity contribution in [2.24, 2.45) is 0 Å². The molecule has 3 heterocycles. The summed E-state index contributed by atoms with van der Waals surface area (Å²) in [6, 6.07) is 11.6. The summed E-state index contributed by atoms with van der Waals surface area (Å²) in [5, 5.41) is 12.5. The van der Waals surface area contributed by atoms with Gasteiger partial charge in [-0.3, -0.25) is 0 Å². The molecule has 1 aliphatic heterocycles. The van der Waals surface area contributed by atoms with E-state index in [-0.39, 0.29) is 24.4 Å². The fraction of sp³-hybridized carbons (Fsp3) is 0.238. The van der Waals surface area contributed by atoms with Crippen LogP contribution in [0.4, 0.5) is 4.39 Å². The topological polar surface area (TPSA) is 97.3 Å². The molecule has 0 radical (unpaired) electrons. The molecule has 0 unspecified atom stereocenters. The van der Waals surface area contributed by atoms with E-state index in [0.29, 0.717) is 35.1 Å². The molecule has 1 aliphatic rings. The van der Waals surface area contributed by atoms with Gasteiger partial charge in [0.25, 0.3) is 5.89 Å². The van der Waals surface area contributed by atoms with E-state index in [9.17, 15) is 4.39 Å². The van der Waals surface area contributed by atoms with Gasteiger partial charge in [0.05, 0.1) is 38.6 Å². The van der Waals surface area contributed by atoms with Gasteiger partial charge in [0.15, 0.2) is 5.69 Å². The summed E-state index contributed by atoms with van der Waals surface area (Å²) in [4.78, 5) is 4.47. The molecule has 0 fully saturated rings.